The van der Waals surface area contributed by atoms with Crippen LogP contribution in [0.15, 0.2) is 53.5 Å². The Bertz CT molecular complexity index is 1010. The molecule has 1 saturated heterocycles. The number of hydrogen-bond donors (Lipinski definition) is 1. The summed E-state index contributed by atoms with van der Waals surface area (Å²) in [5.41, 5.74) is 3.32. The number of nitrogens with one attached hydrogen (secondary N) is 1. The molecule has 1 aliphatic rings. The molecule has 0 spiro atoms. The molecule has 1 N–H and O–H groups in total. The number of carbonyl (C=O) groups is 1. The Morgan fingerprint density at radius 3 is 2.78 bits per heavy atom. The largest absolute Gasteiger partial charge is 0.337 e. The van der Waals surface area contributed by atoms with Gasteiger partial charge in [0, 0.05) is 43.4 Å². The molecule has 7 heteroatoms. The molecule has 138 valence electrons. The standard InChI is InChI=1S/C20H21N5O2/c1-24-18(26)10-9-17(23-24)20(27)25-11-5-8-15(13-25)19-16(12-21-22-19)14-6-3-2-4-7-14/h2-4,6-7,9-10,12,15H,5,8,11,13H2,1H3,(H,21,22). The minimum atomic E-state index is -0.229. The summed E-state index contributed by atoms with van der Waals surface area (Å²) >= 11 is 0. The molecule has 1 aromatic carbocycles. The van der Waals surface area contributed by atoms with E-state index >= 15 is 0 Å². The first-order chi connectivity index (χ1) is 13.1. The molecular formula is C20H21N5O2. The molecule has 1 atom stereocenters. The molecule has 2 aromatic heterocycles. The first-order valence-electron chi connectivity index (χ1n) is 9.06. The first-order valence-corrected chi connectivity index (χ1v) is 9.06. The van der Waals surface area contributed by atoms with Crippen molar-refractivity contribution < 1.29 is 4.79 Å². The van der Waals surface area contributed by atoms with Crippen LogP contribution >= 0.6 is 0 Å². The van der Waals surface area contributed by atoms with E-state index in [2.05, 4.69) is 27.4 Å². The van der Waals surface area contributed by atoms with Crippen LogP contribution in [0.25, 0.3) is 11.1 Å². The van der Waals surface area contributed by atoms with Gasteiger partial charge in [0.25, 0.3) is 11.5 Å². The quantitative estimate of drug-likeness (QED) is 0.773. The molecule has 1 aliphatic heterocycles. The number of nitrogens with zero attached hydrogens (tertiary/aromatic N) is 4. The zero-order chi connectivity index (χ0) is 18.8. The van der Waals surface area contributed by atoms with E-state index in [1.165, 1.54) is 16.8 Å². The summed E-state index contributed by atoms with van der Waals surface area (Å²) in [5, 5.41) is 11.5. The zero-order valence-corrected chi connectivity index (χ0v) is 15.1. The monoisotopic (exact) mass is 363 g/mol. The highest BCUT2D eigenvalue weighted by molar-refractivity contribution is 5.92. The van der Waals surface area contributed by atoms with E-state index in [0.29, 0.717) is 18.8 Å². The third-order valence-electron chi connectivity index (χ3n) is 5.05. The molecule has 0 radical (unpaired) electrons. The highest BCUT2D eigenvalue weighted by Crippen LogP contribution is 2.33. The topological polar surface area (TPSA) is 83.9 Å². The minimum Gasteiger partial charge on any atom is -0.337 e. The van der Waals surface area contributed by atoms with Crippen LogP contribution in [0.2, 0.25) is 0 Å². The minimum absolute atomic E-state index is 0.143. The van der Waals surface area contributed by atoms with E-state index in [4.69, 9.17) is 0 Å². The molecule has 4 rings (SSSR count). The number of benzene rings is 1. The lowest BCUT2D eigenvalue weighted by Crippen LogP contribution is -2.40. The fourth-order valence-corrected chi connectivity index (χ4v) is 3.63. The van der Waals surface area contributed by atoms with Gasteiger partial charge in [-0.25, -0.2) is 4.68 Å². The molecule has 7 nitrogen and oxygen atoms in total. The third-order valence-corrected chi connectivity index (χ3v) is 5.05. The molecule has 3 aromatic rings. The molecule has 1 fully saturated rings. The van der Waals surface area contributed by atoms with E-state index in [1.54, 1.807) is 7.05 Å². The van der Waals surface area contributed by atoms with Crippen LogP contribution < -0.4 is 5.56 Å². The van der Waals surface area contributed by atoms with Crippen molar-refractivity contribution in [3.63, 3.8) is 0 Å². The van der Waals surface area contributed by atoms with Crippen LogP contribution in [0.4, 0.5) is 0 Å². The molecule has 0 saturated carbocycles. The molecule has 3 heterocycles. The second-order valence-corrected chi connectivity index (χ2v) is 6.83. The van der Waals surface area contributed by atoms with E-state index in [9.17, 15) is 9.59 Å². The Morgan fingerprint density at radius 1 is 1.19 bits per heavy atom. The molecule has 1 amide bonds. The number of rotatable bonds is 3. The van der Waals surface area contributed by atoms with Gasteiger partial charge >= 0.3 is 0 Å². The van der Waals surface area contributed by atoms with Gasteiger partial charge in [-0.15, -0.1) is 0 Å². The van der Waals surface area contributed by atoms with Crippen molar-refractivity contribution in [2.75, 3.05) is 13.1 Å². The van der Waals surface area contributed by atoms with Crippen molar-refractivity contribution in [1.29, 1.82) is 0 Å². The van der Waals surface area contributed by atoms with E-state index in [0.717, 1.165) is 29.7 Å². The van der Waals surface area contributed by atoms with Gasteiger partial charge in [-0.2, -0.15) is 10.2 Å². The summed E-state index contributed by atoms with van der Waals surface area (Å²) in [6.07, 6.45) is 3.75. The number of hydrogen-bond acceptors (Lipinski definition) is 4. The van der Waals surface area contributed by atoms with Gasteiger partial charge in [0.05, 0.1) is 6.20 Å². The number of aromatic amines is 1. The van der Waals surface area contributed by atoms with Crippen molar-refractivity contribution in [1.82, 2.24) is 24.9 Å². The number of H-pyrrole nitrogens is 1. The van der Waals surface area contributed by atoms with Crippen molar-refractivity contribution in [3.8, 4) is 11.1 Å². The predicted octanol–water partition coefficient (Wildman–Crippen LogP) is 2.19. The lowest BCUT2D eigenvalue weighted by molar-refractivity contribution is 0.0697. The van der Waals surface area contributed by atoms with E-state index in [-0.39, 0.29) is 17.4 Å². The fourth-order valence-electron chi connectivity index (χ4n) is 3.63. The lowest BCUT2D eigenvalue weighted by atomic mass is 9.90. The number of piperidine rings is 1. The van der Waals surface area contributed by atoms with Gasteiger partial charge in [-0.3, -0.25) is 14.7 Å². The Kier molecular flexibility index (Phi) is 4.58. The van der Waals surface area contributed by atoms with Crippen molar-refractivity contribution >= 4 is 5.91 Å². The highest BCUT2D eigenvalue weighted by atomic mass is 16.2. The normalized spacial score (nSPS) is 17.1. The van der Waals surface area contributed by atoms with Gasteiger partial charge in [0.1, 0.15) is 5.69 Å². The van der Waals surface area contributed by atoms with Gasteiger partial charge in [0.2, 0.25) is 0 Å². The summed E-state index contributed by atoms with van der Waals surface area (Å²) in [5.74, 6) is 0.0454. The Labute approximate surface area is 156 Å². The van der Waals surface area contributed by atoms with Gasteiger partial charge in [-0.05, 0) is 24.5 Å². The lowest BCUT2D eigenvalue weighted by Gasteiger charge is -2.32. The molecule has 27 heavy (non-hydrogen) atoms. The second-order valence-electron chi connectivity index (χ2n) is 6.83. The average molecular weight is 363 g/mol. The van der Waals surface area contributed by atoms with Crippen LogP contribution in [0.1, 0.15) is 34.9 Å². The van der Waals surface area contributed by atoms with Crippen molar-refractivity contribution in [3.05, 3.63) is 70.4 Å². The number of aryl methyl sites for hydroxylation is 1. The van der Waals surface area contributed by atoms with Gasteiger partial charge < -0.3 is 4.90 Å². The maximum Gasteiger partial charge on any atom is 0.274 e. The summed E-state index contributed by atoms with van der Waals surface area (Å²) in [4.78, 5) is 26.2. The smallest absolute Gasteiger partial charge is 0.274 e. The van der Waals surface area contributed by atoms with Crippen molar-refractivity contribution in [2.45, 2.75) is 18.8 Å². The fraction of sp³-hybridized carbons (Fsp3) is 0.300. The SMILES string of the molecule is Cn1nc(C(=O)N2CCCC(c3[nH]ncc3-c3ccccc3)C2)ccc1=O. The zero-order valence-electron chi connectivity index (χ0n) is 15.1. The molecule has 0 aliphatic carbocycles. The Balaban J connectivity index is 1.57. The average Bonchev–Trinajstić information content (AvgIpc) is 3.20. The van der Waals surface area contributed by atoms with Crippen LogP contribution in [-0.2, 0) is 7.05 Å². The van der Waals surface area contributed by atoms with E-state index in [1.807, 2.05) is 29.3 Å². The maximum atomic E-state index is 12.9. The van der Waals surface area contributed by atoms with Crippen LogP contribution in [0, 0.1) is 0 Å². The van der Waals surface area contributed by atoms with Gasteiger partial charge in [0.15, 0.2) is 0 Å². The Hall–Kier alpha value is -3.22. The van der Waals surface area contributed by atoms with Crippen molar-refractivity contribution in [2.24, 2.45) is 7.05 Å². The first kappa shape index (κ1) is 17.2. The number of likely N-dealkylation sites (tertiary alicyclic amines) is 1. The molecule has 0 bridgehead atoms. The van der Waals surface area contributed by atoms with Crippen LogP contribution in [0.5, 0.6) is 0 Å². The summed E-state index contributed by atoms with van der Waals surface area (Å²) in [6.45, 7) is 1.29. The van der Waals surface area contributed by atoms with Crippen LogP contribution in [0.3, 0.4) is 0 Å². The van der Waals surface area contributed by atoms with Gasteiger partial charge in [-0.1, -0.05) is 30.3 Å². The Morgan fingerprint density at radius 2 is 2.00 bits per heavy atom. The van der Waals surface area contributed by atoms with E-state index < -0.39 is 0 Å². The molecular weight excluding hydrogens is 342 g/mol. The number of amides is 1. The summed E-state index contributed by atoms with van der Waals surface area (Å²) in [7, 11) is 1.55. The highest BCUT2D eigenvalue weighted by Gasteiger charge is 2.29. The third kappa shape index (κ3) is 3.40. The maximum absolute atomic E-state index is 12.9. The second kappa shape index (κ2) is 7.19. The predicted molar refractivity (Wildman–Crippen MR) is 101 cm³/mol. The number of aromatic nitrogens is 4. The number of carbonyl (C=O) groups excluding carboxylic acids is 1. The summed E-state index contributed by atoms with van der Waals surface area (Å²) in [6, 6.07) is 13.0. The molecule has 1 unspecified atom stereocenters. The summed E-state index contributed by atoms with van der Waals surface area (Å²) < 4.78 is 1.19. The van der Waals surface area contributed by atoms with Crippen LogP contribution in [-0.4, -0.2) is 43.9 Å².